The largest absolute Gasteiger partial charge is 0.480 e. The van der Waals surface area contributed by atoms with Crippen LogP contribution >= 0.6 is 0 Å². The van der Waals surface area contributed by atoms with Gasteiger partial charge in [-0.25, -0.2) is 0 Å². The highest BCUT2D eigenvalue weighted by molar-refractivity contribution is 5.81. The van der Waals surface area contributed by atoms with Gasteiger partial charge in [0.1, 0.15) is 17.6 Å². The predicted molar refractivity (Wildman–Crippen MR) is 78.2 cm³/mol. The van der Waals surface area contributed by atoms with Gasteiger partial charge >= 0.3 is 6.18 Å². The van der Waals surface area contributed by atoms with Crippen LogP contribution < -0.4 is 10.1 Å². The van der Waals surface area contributed by atoms with Crippen LogP contribution in [0.2, 0.25) is 0 Å². The fourth-order valence-corrected chi connectivity index (χ4v) is 2.03. The number of alkyl halides is 3. The quantitative estimate of drug-likeness (QED) is 0.846. The second-order valence-corrected chi connectivity index (χ2v) is 5.01. The summed E-state index contributed by atoms with van der Waals surface area (Å²) in [6.45, 7) is 0.893. The second-order valence-electron chi connectivity index (χ2n) is 5.01. The van der Waals surface area contributed by atoms with Gasteiger partial charge in [-0.1, -0.05) is 12.1 Å². The van der Waals surface area contributed by atoms with E-state index in [0.717, 1.165) is 12.1 Å². The van der Waals surface area contributed by atoms with E-state index in [2.05, 4.69) is 5.32 Å². The fourth-order valence-electron chi connectivity index (χ4n) is 2.03. The fraction of sp³-hybridized carbons (Fsp3) is 0.312. The maximum Gasteiger partial charge on any atom is 0.419 e. The van der Waals surface area contributed by atoms with Crippen LogP contribution in [-0.4, -0.2) is 23.7 Å². The Morgan fingerprint density at radius 2 is 2.00 bits per heavy atom. The number of para-hydroxylation sites is 1. The summed E-state index contributed by atoms with van der Waals surface area (Å²) in [6.07, 6.45) is -4.41. The van der Waals surface area contributed by atoms with Crippen molar-refractivity contribution in [1.29, 1.82) is 0 Å². The van der Waals surface area contributed by atoms with Gasteiger partial charge in [-0.3, -0.25) is 4.79 Å². The summed E-state index contributed by atoms with van der Waals surface area (Å²) in [7, 11) is 0. The highest BCUT2D eigenvalue weighted by Gasteiger charge is 2.35. The molecule has 1 aromatic carbocycles. The van der Waals surface area contributed by atoms with Crippen molar-refractivity contribution >= 4 is 5.91 Å². The summed E-state index contributed by atoms with van der Waals surface area (Å²) in [5.41, 5.74) is -0.964. The number of halogens is 3. The molecule has 2 N–H and O–H groups in total. The zero-order chi connectivity index (χ0) is 17.7. The molecule has 0 saturated carbocycles. The van der Waals surface area contributed by atoms with Gasteiger partial charge in [-0.05, 0) is 31.2 Å². The summed E-state index contributed by atoms with van der Waals surface area (Å²) in [6, 6.07) is 6.97. The van der Waals surface area contributed by atoms with E-state index in [-0.39, 0.29) is 0 Å². The first-order valence-corrected chi connectivity index (χ1v) is 7.10. The van der Waals surface area contributed by atoms with Crippen LogP contribution in [0.15, 0.2) is 47.1 Å². The van der Waals surface area contributed by atoms with Crippen molar-refractivity contribution in [1.82, 2.24) is 5.32 Å². The molecule has 2 aromatic rings. The third kappa shape index (κ3) is 4.29. The van der Waals surface area contributed by atoms with E-state index in [1.54, 1.807) is 12.1 Å². The molecule has 0 saturated heterocycles. The third-order valence-electron chi connectivity index (χ3n) is 3.25. The van der Waals surface area contributed by atoms with Crippen LogP contribution in [0, 0.1) is 0 Å². The molecule has 0 fully saturated rings. The number of aliphatic hydroxyl groups excluding tert-OH is 1. The summed E-state index contributed by atoms with van der Waals surface area (Å²) in [5.74, 6) is -0.789. The van der Waals surface area contributed by atoms with E-state index in [0.29, 0.717) is 5.76 Å². The second kappa shape index (κ2) is 7.39. The molecule has 2 rings (SSSR count). The maximum atomic E-state index is 12.9. The Morgan fingerprint density at radius 3 is 2.58 bits per heavy atom. The Kier molecular flexibility index (Phi) is 5.50. The van der Waals surface area contributed by atoms with Crippen molar-refractivity contribution in [3.05, 3.63) is 54.0 Å². The van der Waals surface area contributed by atoms with Crippen molar-refractivity contribution in [2.45, 2.75) is 25.2 Å². The minimum Gasteiger partial charge on any atom is -0.480 e. The smallest absolute Gasteiger partial charge is 0.419 e. The molecule has 1 aromatic heterocycles. The van der Waals surface area contributed by atoms with Crippen LogP contribution in [0.5, 0.6) is 5.75 Å². The van der Waals surface area contributed by atoms with E-state index in [9.17, 15) is 23.1 Å². The minimum absolute atomic E-state index is 0.328. The normalized spacial score (nSPS) is 14.0. The predicted octanol–water partition coefficient (Wildman–Crippen LogP) is 2.92. The van der Waals surface area contributed by atoms with Crippen LogP contribution in [-0.2, 0) is 11.0 Å². The number of nitrogens with one attached hydrogen (secondary N) is 1. The average Bonchev–Trinajstić information content (AvgIpc) is 3.06. The van der Waals surface area contributed by atoms with Gasteiger partial charge in [0.15, 0.2) is 6.10 Å². The topological polar surface area (TPSA) is 71.7 Å². The Morgan fingerprint density at radius 1 is 1.29 bits per heavy atom. The zero-order valence-electron chi connectivity index (χ0n) is 12.7. The van der Waals surface area contributed by atoms with Crippen molar-refractivity contribution in [2.75, 3.05) is 6.61 Å². The summed E-state index contributed by atoms with van der Waals surface area (Å²) >= 11 is 0. The number of rotatable bonds is 6. The highest BCUT2D eigenvalue weighted by atomic mass is 19.4. The lowest BCUT2D eigenvalue weighted by molar-refractivity contribution is -0.140. The molecule has 8 heteroatoms. The first-order valence-electron chi connectivity index (χ1n) is 7.10. The molecule has 2 atom stereocenters. The maximum absolute atomic E-state index is 12.9. The number of amides is 1. The number of hydrogen-bond donors (Lipinski definition) is 2. The Labute approximate surface area is 136 Å². The van der Waals surface area contributed by atoms with Crippen molar-refractivity contribution in [2.24, 2.45) is 0 Å². The van der Waals surface area contributed by atoms with Crippen LogP contribution in [0.25, 0.3) is 0 Å². The number of carbonyl (C=O) groups is 1. The number of carbonyl (C=O) groups excluding carboxylic acids is 1. The molecule has 0 radical (unpaired) electrons. The lowest BCUT2D eigenvalue weighted by Gasteiger charge is -2.20. The lowest BCUT2D eigenvalue weighted by atomic mass is 10.2. The molecule has 0 aliphatic rings. The Balaban J connectivity index is 2.07. The van der Waals surface area contributed by atoms with Gasteiger partial charge in [0, 0.05) is 0 Å². The number of ether oxygens (including phenoxy) is 1. The van der Waals surface area contributed by atoms with Crippen LogP contribution in [0.1, 0.15) is 24.3 Å². The van der Waals surface area contributed by atoms with Gasteiger partial charge in [0.05, 0.1) is 18.4 Å². The number of aliphatic hydroxyl groups is 1. The first kappa shape index (κ1) is 17.9. The van der Waals surface area contributed by atoms with E-state index < -0.39 is 42.1 Å². The highest BCUT2D eigenvalue weighted by Crippen LogP contribution is 2.36. The van der Waals surface area contributed by atoms with Gasteiger partial charge in [0.2, 0.25) is 0 Å². The molecule has 2 unspecified atom stereocenters. The molecule has 130 valence electrons. The molecule has 0 aliphatic carbocycles. The molecule has 0 aliphatic heterocycles. The van der Waals surface area contributed by atoms with Crippen molar-refractivity contribution in [3.63, 3.8) is 0 Å². The van der Waals surface area contributed by atoms with Crippen molar-refractivity contribution in [3.8, 4) is 5.75 Å². The van der Waals surface area contributed by atoms with Crippen molar-refractivity contribution < 1.29 is 32.2 Å². The monoisotopic (exact) mass is 343 g/mol. The SMILES string of the molecule is CC(Oc1ccccc1C(F)(F)F)C(=O)NC(CO)c1ccco1. The third-order valence-corrected chi connectivity index (χ3v) is 3.25. The zero-order valence-corrected chi connectivity index (χ0v) is 12.7. The van der Waals surface area contributed by atoms with Gasteiger partial charge in [-0.2, -0.15) is 13.2 Å². The molecule has 0 spiro atoms. The lowest BCUT2D eigenvalue weighted by Crippen LogP contribution is -2.39. The number of furan rings is 1. The standard InChI is InChI=1S/C16H16F3NO4/c1-10(15(22)20-12(9-21)14-7-4-8-23-14)24-13-6-3-2-5-11(13)16(17,18)19/h2-8,10,12,21H,9H2,1H3,(H,20,22). The summed E-state index contributed by atoms with van der Waals surface area (Å²) in [5, 5.41) is 11.8. The Bertz CT molecular complexity index is 670. The summed E-state index contributed by atoms with van der Waals surface area (Å²) < 4.78 is 49.0. The molecular formula is C16H16F3NO4. The first-order chi connectivity index (χ1) is 11.3. The molecule has 1 amide bonds. The Hall–Kier alpha value is -2.48. The number of hydrogen-bond acceptors (Lipinski definition) is 4. The van der Waals surface area contributed by atoms with Gasteiger partial charge in [-0.15, -0.1) is 0 Å². The molecule has 1 heterocycles. The van der Waals surface area contributed by atoms with Gasteiger partial charge < -0.3 is 19.6 Å². The molecule has 24 heavy (non-hydrogen) atoms. The molecule has 0 bridgehead atoms. The van der Waals surface area contributed by atoms with E-state index >= 15 is 0 Å². The summed E-state index contributed by atoms with van der Waals surface area (Å²) in [4.78, 5) is 12.1. The van der Waals surface area contributed by atoms with E-state index in [4.69, 9.17) is 9.15 Å². The number of benzene rings is 1. The average molecular weight is 343 g/mol. The van der Waals surface area contributed by atoms with Gasteiger partial charge in [0.25, 0.3) is 5.91 Å². The molecular weight excluding hydrogens is 327 g/mol. The van der Waals surface area contributed by atoms with Crippen LogP contribution in [0.4, 0.5) is 13.2 Å². The minimum atomic E-state index is -4.59. The van der Waals surface area contributed by atoms with E-state index in [1.165, 1.54) is 25.3 Å². The molecule has 5 nitrogen and oxygen atoms in total. The van der Waals surface area contributed by atoms with Crippen LogP contribution in [0.3, 0.4) is 0 Å². The van der Waals surface area contributed by atoms with E-state index in [1.807, 2.05) is 0 Å².